The maximum Gasteiger partial charge on any atom is 0.265 e. The van der Waals surface area contributed by atoms with Crippen LogP contribution in [0.3, 0.4) is 0 Å². The molecule has 5 rings (SSSR count). The number of aromatic nitrogens is 4. The number of halogens is 1. The van der Waals surface area contributed by atoms with Crippen LogP contribution in [0.4, 0.5) is 0 Å². The van der Waals surface area contributed by atoms with Crippen LogP contribution < -0.4 is 0 Å². The average molecular weight is 456 g/mol. The van der Waals surface area contributed by atoms with E-state index in [1.54, 1.807) is 6.07 Å². The van der Waals surface area contributed by atoms with Gasteiger partial charge in [0.1, 0.15) is 4.88 Å². The molecule has 0 radical (unpaired) electrons. The third kappa shape index (κ3) is 3.74. The van der Waals surface area contributed by atoms with E-state index in [9.17, 15) is 4.79 Å². The zero-order valence-electron chi connectivity index (χ0n) is 17.3. The first-order valence-electron chi connectivity index (χ1n) is 10.3. The van der Waals surface area contributed by atoms with E-state index in [0.717, 1.165) is 29.3 Å². The number of likely N-dealkylation sites (tertiary alicyclic amines) is 1. The molecule has 0 aliphatic carbocycles. The zero-order valence-corrected chi connectivity index (χ0v) is 18.9. The van der Waals surface area contributed by atoms with Crippen molar-refractivity contribution >= 4 is 39.7 Å². The number of fused-ring (bicyclic) bond motifs is 1. The largest absolute Gasteiger partial charge is 0.339 e. The summed E-state index contributed by atoms with van der Waals surface area (Å²) in [6.45, 7) is 5.51. The van der Waals surface area contributed by atoms with Gasteiger partial charge in [0.25, 0.3) is 5.91 Å². The van der Waals surface area contributed by atoms with Gasteiger partial charge in [0, 0.05) is 36.0 Å². The molecule has 0 N–H and O–H groups in total. The molecular weight excluding hydrogens is 434 g/mol. The van der Waals surface area contributed by atoms with Gasteiger partial charge in [-0.15, -0.1) is 11.3 Å². The minimum atomic E-state index is -0.000246. The predicted octanol–water partition coefficient (Wildman–Crippen LogP) is 5.40. The third-order valence-electron chi connectivity index (χ3n) is 5.73. The van der Waals surface area contributed by atoms with Gasteiger partial charge >= 0.3 is 0 Å². The van der Waals surface area contributed by atoms with Crippen molar-refractivity contribution < 1.29 is 9.32 Å². The number of amides is 1. The summed E-state index contributed by atoms with van der Waals surface area (Å²) >= 11 is 7.50. The lowest BCUT2D eigenvalue weighted by Crippen LogP contribution is -2.37. The Labute approximate surface area is 188 Å². The summed E-state index contributed by atoms with van der Waals surface area (Å²) in [7, 11) is 0. The van der Waals surface area contributed by atoms with Gasteiger partial charge in [-0.2, -0.15) is 10.1 Å². The highest BCUT2D eigenvalue weighted by Gasteiger charge is 2.29. The van der Waals surface area contributed by atoms with Crippen LogP contribution in [0.25, 0.3) is 22.3 Å². The van der Waals surface area contributed by atoms with E-state index in [2.05, 4.69) is 35.2 Å². The molecule has 1 fully saturated rings. The Balaban J connectivity index is 1.30. The van der Waals surface area contributed by atoms with E-state index in [-0.39, 0.29) is 17.9 Å². The summed E-state index contributed by atoms with van der Waals surface area (Å²) in [5.74, 6) is 1.36. The first-order valence-corrected chi connectivity index (χ1v) is 11.6. The molecule has 3 aromatic heterocycles. The van der Waals surface area contributed by atoms with Crippen LogP contribution in [0.1, 0.15) is 54.2 Å². The molecule has 1 aliphatic rings. The number of hydrogen-bond acceptors (Lipinski definition) is 6. The highest BCUT2D eigenvalue weighted by molar-refractivity contribution is 7.12. The lowest BCUT2D eigenvalue weighted by molar-refractivity contribution is 0.0709. The van der Waals surface area contributed by atoms with E-state index in [4.69, 9.17) is 16.1 Å². The van der Waals surface area contributed by atoms with Crippen LogP contribution in [0.5, 0.6) is 0 Å². The van der Waals surface area contributed by atoms with E-state index < -0.39 is 0 Å². The van der Waals surface area contributed by atoms with E-state index in [0.29, 0.717) is 34.7 Å². The molecule has 0 atom stereocenters. The number of thiophene rings is 1. The third-order valence-corrected chi connectivity index (χ3v) is 7.06. The monoisotopic (exact) mass is 455 g/mol. The second-order valence-electron chi connectivity index (χ2n) is 8.08. The van der Waals surface area contributed by atoms with Crippen molar-refractivity contribution in [2.75, 3.05) is 13.1 Å². The fraction of sp³-hybridized carbons (Fsp3) is 0.364. The standard InChI is InChI=1S/C22H22ClN5O2S/c1-13(2)28-18-11-15(3-4-16(18)12-24-28)20-25-21(30-26-20)14-5-8-27(9-6-14)22(29)19-17(23)7-10-31-19/h3-4,7,10-14H,5-6,8-9H2,1-2H3. The number of piperidine rings is 1. The van der Waals surface area contributed by atoms with E-state index in [1.807, 2.05) is 33.3 Å². The molecule has 160 valence electrons. The van der Waals surface area contributed by atoms with Crippen molar-refractivity contribution in [1.82, 2.24) is 24.8 Å². The van der Waals surface area contributed by atoms with Crippen molar-refractivity contribution in [3.05, 3.63) is 51.6 Å². The molecular formula is C22H22ClN5O2S. The molecule has 1 aliphatic heterocycles. The Hall–Kier alpha value is -2.71. The lowest BCUT2D eigenvalue weighted by atomic mass is 9.96. The molecule has 4 heterocycles. The van der Waals surface area contributed by atoms with Crippen LogP contribution >= 0.6 is 22.9 Å². The number of carbonyl (C=O) groups excluding carboxylic acids is 1. The minimum Gasteiger partial charge on any atom is -0.339 e. The smallest absolute Gasteiger partial charge is 0.265 e. The summed E-state index contributed by atoms with van der Waals surface area (Å²) in [5.41, 5.74) is 1.96. The highest BCUT2D eigenvalue weighted by Crippen LogP contribution is 2.31. The number of rotatable bonds is 4. The maximum absolute atomic E-state index is 12.7. The molecule has 1 amide bonds. The molecule has 0 spiro atoms. The molecule has 1 aromatic carbocycles. The Morgan fingerprint density at radius 3 is 2.77 bits per heavy atom. The van der Waals surface area contributed by atoms with Crippen molar-refractivity contribution in [1.29, 1.82) is 0 Å². The number of nitrogens with zero attached hydrogens (tertiary/aromatic N) is 5. The van der Waals surface area contributed by atoms with E-state index >= 15 is 0 Å². The Morgan fingerprint density at radius 1 is 1.26 bits per heavy atom. The molecule has 9 heteroatoms. The van der Waals surface area contributed by atoms with Gasteiger partial charge in [0.05, 0.1) is 16.7 Å². The summed E-state index contributed by atoms with van der Waals surface area (Å²) < 4.78 is 7.60. The quantitative estimate of drug-likeness (QED) is 0.411. The molecule has 31 heavy (non-hydrogen) atoms. The summed E-state index contributed by atoms with van der Waals surface area (Å²) in [6.07, 6.45) is 3.45. The summed E-state index contributed by atoms with van der Waals surface area (Å²) in [4.78, 5) is 19.8. The SMILES string of the molecule is CC(C)n1ncc2ccc(-c3noc(C4CCN(C(=O)c5sccc5Cl)CC4)n3)cc21. The van der Waals surface area contributed by atoms with Crippen LogP contribution in [0.2, 0.25) is 5.02 Å². The zero-order chi connectivity index (χ0) is 21.5. The Kier molecular flexibility index (Phi) is 5.27. The summed E-state index contributed by atoms with van der Waals surface area (Å²) in [6, 6.07) is 8.12. The van der Waals surface area contributed by atoms with E-state index in [1.165, 1.54) is 11.3 Å². The van der Waals surface area contributed by atoms with Gasteiger partial charge in [-0.05, 0) is 44.2 Å². The fourth-order valence-corrected chi connectivity index (χ4v) is 5.13. The van der Waals surface area contributed by atoms with Gasteiger partial charge in [0.15, 0.2) is 0 Å². The molecule has 0 bridgehead atoms. The fourth-order valence-electron chi connectivity index (χ4n) is 4.03. The molecule has 4 aromatic rings. The van der Waals surface area contributed by atoms with Crippen molar-refractivity contribution in [3.8, 4) is 11.4 Å². The van der Waals surface area contributed by atoms with Gasteiger partial charge in [0.2, 0.25) is 11.7 Å². The average Bonchev–Trinajstić information content (AvgIpc) is 3.52. The van der Waals surface area contributed by atoms with Gasteiger partial charge in [-0.25, -0.2) is 0 Å². The van der Waals surface area contributed by atoms with Crippen LogP contribution in [0.15, 0.2) is 40.4 Å². The normalized spacial score (nSPS) is 15.3. The first-order chi connectivity index (χ1) is 15.0. The minimum absolute atomic E-state index is 0.000246. The van der Waals surface area contributed by atoms with Crippen molar-refractivity contribution in [2.24, 2.45) is 0 Å². The Morgan fingerprint density at radius 2 is 2.06 bits per heavy atom. The molecule has 1 saturated heterocycles. The lowest BCUT2D eigenvalue weighted by Gasteiger charge is -2.30. The number of carbonyl (C=O) groups is 1. The molecule has 0 unspecified atom stereocenters. The summed E-state index contributed by atoms with van der Waals surface area (Å²) in [5, 5.41) is 12.1. The number of hydrogen-bond donors (Lipinski definition) is 0. The van der Waals surface area contributed by atoms with Crippen molar-refractivity contribution in [2.45, 2.75) is 38.6 Å². The van der Waals surface area contributed by atoms with Crippen LogP contribution in [-0.4, -0.2) is 43.8 Å². The first kappa shape index (κ1) is 20.2. The second kappa shape index (κ2) is 8.09. The number of benzene rings is 1. The van der Waals surface area contributed by atoms with Gasteiger partial charge in [-0.3, -0.25) is 9.48 Å². The van der Waals surface area contributed by atoms with Crippen LogP contribution in [-0.2, 0) is 0 Å². The topological polar surface area (TPSA) is 77.0 Å². The maximum atomic E-state index is 12.7. The Bertz CT molecular complexity index is 1240. The molecule has 0 saturated carbocycles. The predicted molar refractivity (Wildman–Crippen MR) is 121 cm³/mol. The molecule has 7 nitrogen and oxygen atoms in total. The van der Waals surface area contributed by atoms with Crippen molar-refractivity contribution in [3.63, 3.8) is 0 Å². The van der Waals surface area contributed by atoms with Gasteiger partial charge < -0.3 is 9.42 Å². The van der Waals surface area contributed by atoms with Gasteiger partial charge in [-0.1, -0.05) is 28.9 Å². The van der Waals surface area contributed by atoms with Crippen LogP contribution in [0, 0.1) is 0 Å². The second-order valence-corrected chi connectivity index (χ2v) is 9.40. The highest BCUT2D eigenvalue weighted by atomic mass is 35.5.